The summed E-state index contributed by atoms with van der Waals surface area (Å²) in [5.41, 5.74) is 0.403. The summed E-state index contributed by atoms with van der Waals surface area (Å²) in [5, 5.41) is 0. The molecule has 0 saturated heterocycles. The third-order valence-electron chi connectivity index (χ3n) is 1.87. The van der Waals surface area contributed by atoms with Crippen molar-refractivity contribution < 1.29 is 8.42 Å². The summed E-state index contributed by atoms with van der Waals surface area (Å²) >= 11 is 0.724. The van der Waals surface area contributed by atoms with Gasteiger partial charge in [-0.15, -0.1) is 0 Å². The Labute approximate surface area is 86.4 Å². The lowest BCUT2D eigenvalue weighted by molar-refractivity contribution is 0.487. The van der Waals surface area contributed by atoms with E-state index in [0.29, 0.717) is 12.2 Å². The second kappa shape index (κ2) is 3.84. The average molecular weight is 236 g/mol. The fourth-order valence-corrected chi connectivity index (χ4v) is 3.62. The number of aryl methyl sites for hydroxylation is 1. The van der Waals surface area contributed by atoms with Crippen molar-refractivity contribution in [1.82, 2.24) is 9.29 Å². The van der Waals surface area contributed by atoms with E-state index in [0.717, 1.165) is 11.3 Å². The molecule has 0 aliphatic carbocycles. The SMILES string of the molecule is CCN(C)S(=O)(=O)c1sc(=O)[nH]c1C. The molecule has 7 heteroatoms. The summed E-state index contributed by atoms with van der Waals surface area (Å²) in [7, 11) is -1.99. The van der Waals surface area contributed by atoms with E-state index < -0.39 is 10.0 Å². The van der Waals surface area contributed by atoms with E-state index in [1.54, 1.807) is 13.8 Å². The van der Waals surface area contributed by atoms with Gasteiger partial charge in [0.25, 0.3) is 10.0 Å². The molecule has 0 aliphatic rings. The van der Waals surface area contributed by atoms with Crippen LogP contribution in [-0.4, -0.2) is 31.3 Å². The molecule has 0 unspecified atom stereocenters. The summed E-state index contributed by atoms with van der Waals surface area (Å²) in [6, 6.07) is 0. The number of hydrogen-bond acceptors (Lipinski definition) is 4. The van der Waals surface area contributed by atoms with Crippen LogP contribution in [0.15, 0.2) is 9.00 Å². The quantitative estimate of drug-likeness (QED) is 0.825. The van der Waals surface area contributed by atoms with Crippen LogP contribution in [0.3, 0.4) is 0 Å². The molecule has 5 nitrogen and oxygen atoms in total. The van der Waals surface area contributed by atoms with Crippen molar-refractivity contribution >= 4 is 21.4 Å². The monoisotopic (exact) mass is 236 g/mol. The molecule has 0 atom stereocenters. The van der Waals surface area contributed by atoms with E-state index >= 15 is 0 Å². The predicted octanol–water partition coefficient (Wildman–Crippen LogP) is 0.385. The summed E-state index contributed by atoms with van der Waals surface area (Å²) in [5.74, 6) is 0. The average Bonchev–Trinajstić information content (AvgIpc) is 2.44. The van der Waals surface area contributed by atoms with Crippen LogP contribution in [0.25, 0.3) is 0 Å². The second-order valence-electron chi connectivity index (χ2n) is 2.85. The number of sulfonamides is 1. The molecule has 0 radical (unpaired) electrons. The smallest absolute Gasteiger partial charge is 0.305 e. The Balaban J connectivity index is 3.30. The fourth-order valence-electron chi connectivity index (χ4n) is 0.948. The fraction of sp³-hybridized carbons (Fsp3) is 0.571. The summed E-state index contributed by atoms with van der Waals surface area (Å²) in [4.78, 5) is 13.1. The summed E-state index contributed by atoms with van der Waals surface area (Å²) < 4.78 is 24.9. The highest BCUT2D eigenvalue weighted by molar-refractivity contribution is 7.91. The van der Waals surface area contributed by atoms with Crippen LogP contribution in [0.5, 0.6) is 0 Å². The number of aromatic nitrogens is 1. The van der Waals surface area contributed by atoms with Gasteiger partial charge in [-0.05, 0) is 6.92 Å². The molecule has 0 spiro atoms. The highest BCUT2D eigenvalue weighted by Crippen LogP contribution is 2.19. The Hall–Kier alpha value is -0.660. The Morgan fingerprint density at radius 3 is 2.43 bits per heavy atom. The number of aromatic amines is 1. The van der Waals surface area contributed by atoms with Gasteiger partial charge in [0.15, 0.2) is 4.21 Å². The molecule has 0 bridgehead atoms. The number of H-pyrrole nitrogens is 1. The van der Waals surface area contributed by atoms with Crippen molar-refractivity contribution in [2.75, 3.05) is 13.6 Å². The maximum absolute atomic E-state index is 11.8. The van der Waals surface area contributed by atoms with Crippen molar-refractivity contribution in [3.8, 4) is 0 Å². The van der Waals surface area contributed by atoms with Crippen molar-refractivity contribution in [2.24, 2.45) is 0 Å². The molecule has 0 fully saturated rings. The largest absolute Gasteiger partial charge is 0.315 e. The van der Waals surface area contributed by atoms with Crippen LogP contribution in [0.4, 0.5) is 0 Å². The van der Waals surface area contributed by atoms with Gasteiger partial charge in [0.2, 0.25) is 0 Å². The lowest BCUT2D eigenvalue weighted by Gasteiger charge is -2.13. The van der Waals surface area contributed by atoms with Gasteiger partial charge >= 0.3 is 4.87 Å². The molecule has 0 saturated carbocycles. The van der Waals surface area contributed by atoms with Crippen molar-refractivity contribution in [2.45, 2.75) is 18.1 Å². The van der Waals surface area contributed by atoms with Gasteiger partial charge in [0, 0.05) is 19.3 Å². The number of hydrogen-bond donors (Lipinski definition) is 1. The molecule has 1 rings (SSSR count). The van der Waals surface area contributed by atoms with Crippen molar-refractivity contribution in [3.63, 3.8) is 0 Å². The van der Waals surface area contributed by atoms with E-state index in [9.17, 15) is 13.2 Å². The first-order valence-corrected chi connectivity index (χ1v) is 6.31. The first-order chi connectivity index (χ1) is 6.39. The minimum absolute atomic E-state index is 0.104. The molecule has 1 aromatic heterocycles. The molecular weight excluding hydrogens is 224 g/mol. The van der Waals surface area contributed by atoms with Gasteiger partial charge in [-0.1, -0.05) is 18.3 Å². The maximum Gasteiger partial charge on any atom is 0.305 e. The van der Waals surface area contributed by atoms with Crippen LogP contribution in [-0.2, 0) is 10.0 Å². The molecule has 0 aliphatic heterocycles. The summed E-state index contributed by atoms with van der Waals surface area (Å²) in [6.45, 7) is 3.70. The van der Waals surface area contributed by atoms with Gasteiger partial charge in [0.1, 0.15) is 0 Å². The third-order valence-corrected chi connectivity index (χ3v) is 5.39. The van der Waals surface area contributed by atoms with Crippen molar-refractivity contribution in [3.05, 3.63) is 15.4 Å². The van der Waals surface area contributed by atoms with Crippen LogP contribution < -0.4 is 4.87 Å². The second-order valence-corrected chi connectivity index (χ2v) is 6.07. The molecule has 0 amide bonds. The molecule has 0 aromatic carbocycles. The minimum Gasteiger partial charge on any atom is -0.315 e. The van der Waals surface area contributed by atoms with Crippen molar-refractivity contribution in [1.29, 1.82) is 0 Å². The Morgan fingerprint density at radius 2 is 2.07 bits per heavy atom. The molecular formula is C7H12N2O3S2. The Morgan fingerprint density at radius 1 is 1.50 bits per heavy atom. The molecule has 1 aromatic rings. The topological polar surface area (TPSA) is 70.2 Å². The maximum atomic E-state index is 11.8. The Kier molecular flexibility index (Phi) is 3.13. The normalized spacial score (nSPS) is 12.3. The van der Waals surface area contributed by atoms with E-state index in [1.807, 2.05) is 0 Å². The van der Waals surface area contributed by atoms with Crippen LogP contribution in [0.1, 0.15) is 12.6 Å². The predicted molar refractivity (Wildman–Crippen MR) is 55.2 cm³/mol. The van der Waals surface area contributed by atoms with E-state index in [-0.39, 0.29) is 9.08 Å². The zero-order chi connectivity index (χ0) is 10.9. The first kappa shape index (κ1) is 11.4. The zero-order valence-corrected chi connectivity index (χ0v) is 9.83. The van der Waals surface area contributed by atoms with E-state index in [4.69, 9.17) is 0 Å². The highest BCUT2D eigenvalue weighted by Gasteiger charge is 2.24. The molecule has 14 heavy (non-hydrogen) atoms. The lowest BCUT2D eigenvalue weighted by atomic mass is 10.6. The first-order valence-electron chi connectivity index (χ1n) is 4.05. The van der Waals surface area contributed by atoms with Crippen LogP contribution >= 0.6 is 11.3 Å². The number of rotatable bonds is 3. The van der Waals surface area contributed by atoms with Gasteiger partial charge in [0.05, 0.1) is 0 Å². The number of nitrogens with one attached hydrogen (secondary N) is 1. The number of thiazole rings is 1. The molecule has 80 valence electrons. The number of nitrogens with zero attached hydrogens (tertiary/aromatic N) is 1. The molecule has 1 N–H and O–H groups in total. The highest BCUT2D eigenvalue weighted by atomic mass is 32.2. The molecule has 1 heterocycles. The summed E-state index contributed by atoms with van der Waals surface area (Å²) in [6.07, 6.45) is 0. The van der Waals surface area contributed by atoms with E-state index in [1.165, 1.54) is 11.4 Å². The van der Waals surface area contributed by atoms with Crippen LogP contribution in [0, 0.1) is 6.92 Å². The minimum atomic E-state index is -3.48. The zero-order valence-electron chi connectivity index (χ0n) is 8.20. The van der Waals surface area contributed by atoms with Crippen LogP contribution in [0.2, 0.25) is 0 Å². The standard InChI is InChI=1S/C7H12N2O3S2/c1-4-9(3)14(11,12)6-5(2)8-7(10)13-6/h4H2,1-3H3,(H,8,10). The Bertz CT molecular complexity index is 471. The van der Waals surface area contributed by atoms with E-state index in [2.05, 4.69) is 4.98 Å². The van der Waals surface area contributed by atoms with Gasteiger partial charge in [-0.25, -0.2) is 12.7 Å². The third kappa shape index (κ3) is 1.89. The lowest BCUT2D eigenvalue weighted by Crippen LogP contribution is -2.26. The van der Waals surface area contributed by atoms with Gasteiger partial charge in [-0.3, -0.25) is 4.79 Å². The van der Waals surface area contributed by atoms with Gasteiger partial charge in [-0.2, -0.15) is 0 Å². The van der Waals surface area contributed by atoms with Gasteiger partial charge < -0.3 is 4.98 Å².